The molecular formula is C20H21N5O4. The summed E-state index contributed by atoms with van der Waals surface area (Å²) in [6, 6.07) is 7.44. The van der Waals surface area contributed by atoms with E-state index in [4.69, 9.17) is 9.26 Å². The van der Waals surface area contributed by atoms with Crippen molar-refractivity contribution in [3.05, 3.63) is 75.9 Å². The highest BCUT2D eigenvalue weighted by Gasteiger charge is 2.16. The SMILES string of the molecule is COc1cccc(Cn2cc(O)n(-c3cnn(Cc4c(C)noc4C)c3)c2=O)c1. The fraction of sp³-hybridized carbons (Fsp3) is 0.250. The molecule has 1 N–H and O–H groups in total. The Bertz CT molecular complexity index is 1190. The third kappa shape index (κ3) is 3.54. The summed E-state index contributed by atoms with van der Waals surface area (Å²) in [6.07, 6.45) is 4.64. The van der Waals surface area contributed by atoms with E-state index in [1.807, 2.05) is 38.1 Å². The Labute approximate surface area is 166 Å². The quantitative estimate of drug-likeness (QED) is 0.537. The number of benzene rings is 1. The van der Waals surface area contributed by atoms with E-state index in [0.717, 1.165) is 22.6 Å². The highest BCUT2D eigenvalue weighted by atomic mass is 16.5. The van der Waals surface area contributed by atoms with Crippen molar-refractivity contribution >= 4 is 0 Å². The number of imidazole rings is 1. The molecule has 0 bridgehead atoms. The molecule has 1 aromatic carbocycles. The molecule has 0 amide bonds. The average molecular weight is 395 g/mol. The molecule has 9 nitrogen and oxygen atoms in total. The second-order valence-electron chi connectivity index (χ2n) is 6.78. The van der Waals surface area contributed by atoms with Crippen LogP contribution in [0.15, 0.2) is 52.2 Å². The van der Waals surface area contributed by atoms with Gasteiger partial charge in [-0.1, -0.05) is 17.3 Å². The van der Waals surface area contributed by atoms with Gasteiger partial charge in [0.2, 0.25) is 5.88 Å². The van der Waals surface area contributed by atoms with Crippen molar-refractivity contribution in [1.82, 2.24) is 24.1 Å². The lowest BCUT2D eigenvalue weighted by atomic mass is 10.2. The smallest absolute Gasteiger partial charge is 0.336 e. The van der Waals surface area contributed by atoms with E-state index in [0.29, 0.717) is 24.5 Å². The van der Waals surface area contributed by atoms with E-state index in [1.165, 1.54) is 21.5 Å². The van der Waals surface area contributed by atoms with E-state index in [9.17, 15) is 9.90 Å². The van der Waals surface area contributed by atoms with Crippen LogP contribution in [0.4, 0.5) is 0 Å². The lowest BCUT2D eigenvalue weighted by molar-refractivity contribution is 0.391. The lowest BCUT2D eigenvalue weighted by Crippen LogP contribution is -2.23. The number of aromatic hydroxyl groups is 1. The Morgan fingerprint density at radius 2 is 2.03 bits per heavy atom. The molecule has 0 aliphatic carbocycles. The molecule has 0 atom stereocenters. The van der Waals surface area contributed by atoms with Gasteiger partial charge in [-0.05, 0) is 31.5 Å². The molecule has 150 valence electrons. The molecule has 3 aromatic heterocycles. The monoisotopic (exact) mass is 395 g/mol. The first-order valence-electron chi connectivity index (χ1n) is 9.05. The summed E-state index contributed by atoms with van der Waals surface area (Å²) in [7, 11) is 1.59. The van der Waals surface area contributed by atoms with E-state index in [2.05, 4.69) is 10.3 Å². The van der Waals surface area contributed by atoms with E-state index >= 15 is 0 Å². The zero-order valence-corrected chi connectivity index (χ0v) is 16.4. The molecule has 0 radical (unpaired) electrons. The molecule has 0 saturated carbocycles. The summed E-state index contributed by atoms with van der Waals surface area (Å²) in [5.41, 5.74) is 2.74. The van der Waals surface area contributed by atoms with Crippen molar-refractivity contribution in [3.8, 4) is 17.3 Å². The number of methoxy groups -OCH3 is 1. The van der Waals surface area contributed by atoms with Gasteiger partial charge in [0, 0.05) is 11.8 Å². The van der Waals surface area contributed by atoms with Gasteiger partial charge in [0.25, 0.3) is 0 Å². The molecule has 0 spiro atoms. The number of nitrogens with zero attached hydrogens (tertiary/aromatic N) is 5. The molecule has 0 aliphatic heterocycles. The molecule has 0 unspecified atom stereocenters. The number of rotatable bonds is 6. The van der Waals surface area contributed by atoms with Crippen LogP contribution in [0.2, 0.25) is 0 Å². The van der Waals surface area contributed by atoms with Crippen LogP contribution < -0.4 is 10.4 Å². The second kappa shape index (κ2) is 7.34. The van der Waals surface area contributed by atoms with Crippen LogP contribution in [-0.2, 0) is 13.1 Å². The third-order valence-electron chi connectivity index (χ3n) is 4.80. The predicted octanol–water partition coefficient (Wildman–Crippen LogP) is 2.25. The molecular weight excluding hydrogens is 374 g/mol. The largest absolute Gasteiger partial charge is 0.497 e. The molecule has 0 aliphatic rings. The predicted molar refractivity (Wildman–Crippen MR) is 105 cm³/mol. The van der Waals surface area contributed by atoms with E-state index in [1.54, 1.807) is 18.0 Å². The minimum atomic E-state index is -0.359. The van der Waals surface area contributed by atoms with Gasteiger partial charge >= 0.3 is 5.69 Å². The molecule has 4 rings (SSSR count). The zero-order chi connectivity index (χ0) is 20.5. The van der Waals surface area contributed by atoms with Gasteiger partial charge in [0.15, 0.2) is 0 Å². The van der Waals surface area contributed by atoms with Crippen molar-refractivity contribution in [3.63, 3.8) is 0 Å². The summed E-state index contributed by atoms with van der Waals surface area (Å²) in [5.74, 6) is 1.28. The van der Waals surface area contributed by atoms with Gasteiger partial charge in [0.1, 0.15) is 11.5 Å². The number of hydrogen-bond acceptors (Lipinski definition) is 6. The average Bonchev–Trinajstić information content (AvgIpc) is 3.37. The number of aromatic nitrogens is 5. The molecule has 3 heterocycles. The summed E-state index contributed by atoms with van der Waals surface area (Å²) in [5, 5.41) is 18.6. The number of ether oxygens (including phenoxy) is 1. The minimum absolute atomic E-state index is 0.158. The first-order valence-corrected chi connectivity index (χ1v) is 9.05. The van der Waals surface area contributed by atoms with Crippen LogP contribution >= 0.6 is 0 Å². The van der Waals surface area contributed by atoms with Crippen molar-refractivity contribution < 1.29 is 14.4 Å². The van der Waals surface area contributed by atoms with Crippen molar-refractivity contribution in [2.75, 3.05) is 7.11 Å². The summed E-state index contributed by atoms with van der Waals surface area (Å²) >= 11 is 0. The van der Waals surface area contributed by atoms with Crippen LogP contribution in [0.25, 0.3) is 5.69 Å². The van der Waals surface area contributed by atoms with Gasteiger partial charge in [-0.15, -0.1) is 0 Å². The van der Waals surface area contributed by atoms with Crippen LogP contribution in [0.3, 0.4) is 0 Å². The molecule has 29 heavy (non-hydrogen) atoms. The van der Waals surface area contributed by atoms with E-state index < -0.39 is 0 Å². The van der Waals surface area contributed by atoms with Crippen molar-refractivity contribution in [2.24, 2.45) is 0 Å². The zero-order valence-electron chi connectivity index (χ0n) is 16.4. The van der Waals surface area contributed by atoms with Crippen molar-refractivity contribution in [2.45, 2.75) is 26.9 Å². The lowest BCUT2D eigenvalue weighted by Gasteiger charge is -2.04. The fourth-order valence-electron chi connectivity index (χ4n) is 3.25. The summed E-state index contributed by atoms with van der Waals surface area (Å²) in [6.45, 7) is 4.48. The third-order valence-corrected chi connectivity index (χ3v) is 4.80. The normalized spacial score (nSPS) is 11.1. The summed E-state index contributed by atoms with van der Waals surface area (Å²) < 4.78 is 14.7. The molecule has 0 fully saturated rings. The number of aryl methyl sites for hydroxylation is 2. The maximum atomic E-state index is 12.9. The second-order valence-corrected chi connectivity index (χ2v) is 6.78. The minimum Gasteiger partial charge on any atom is -0.497 e. The maximum Gasteiger partial charge on any atom is 0.336 e. The summed E-state index contributed by atoms with van der Waals surface area (Å²) in [4.78, 5) is 12.9. The first-order chi connectivity index (χ1) is 14.0. The van der Waals surface area contributed by atoms with Gasteiger partial charge in [0.05, 0.1) is 44.0 Å². The Balaban J connectivity index is 1.61. The van der Waals surface area contributed by atoms with Crippen LogP contribution in [0, 0.1) is 13.8 Å². The first kappa shape index (κ1) is 18.6. The van der Waals surface area contributed by atoms with Crippen molar-refractivity contribution in [1.29, 1.82) is 0 Å². The fourth-order valence-corrected chi connectivity index (χ4v) is 3.25. The van der Waals surface area contributed by atoms with Gasteiger partial charge in [-0.25, -0.2) is 9.36 Å². The Morgan fingerprint density at radius 1 is 1.21 bits per heavy atom. The standard InChI is InChI=1S/C20H21N5O4/c1-13-18(14(2)29-22-13)11-24-10-16(8-21-24)25-19(26)12-23(20(25)27)9-15-5-4-6-17(7-15)28-3/h4-8,10,12,26H,9,11H2,1-3H3. The Morgan fingerprint density at radius 3 is 2.76 bits per heavy atom. The van der Waals surface area contributed by atoms with Crippen LogP contribution in [-0.4, -0.2) is 36.3 Å². The van der Waals surface area contributed by atoms with Gasteiger partial charge in [-0.3, -0.25) is 9.25 Å². The van der Waals surface area contributed by atoms with Crippen LogP contribution in [0.1, 0.15) is 22.6 Å². The maximum absolute atomic E-state index is 12.9. The highest BCUT2D eigenvalue weighted by molar-refractivity contribution is 5.33. The molecule has 9 heteroatoms. The highest BCUT2D eigenvalue weighted by Crippen LogP contribution is 2.18. The van der Waals surface area contributed by atoms with Gasteiger partial charge in [-0.2, -0.15) is 5.10 Å². The molecule has 0 saturated heterocycles. The van der Waals surface area contributed by atoms with E-state index in [-0.39, 0.29) is 11.6 Å². The van der Waals surface area contributed by atoms with Gasteiger partial charge < -0.3 is 14.4 Å². The topological polar surface area (TPSA) is 100 Å². The Kier molecular flexibility index (Phi) is 4.71. The number of hydrogen-bond donors (Lipinski definition) is 1. The Hall–Kier alpha value is -3.75. The molecule has 4 aromatic rings. The van der Waals surface area contributed by atoms with Crippen LogP contribution in [0.5, 0.6) is 11.6 Å².